The van der Waals surface area contributed by atoms with E-state index in [-0.39, 0.29) is 5.82 Å². The molecule has 0 aliphatic rings. The fraction of sp³-hybridized carbons (Fsp3) is 0.0714. The lowest BCUT2D eigenvalue weighted by Gasteiger charge is -2.01. The highest BCUT2D eigenvalue weighted by atomic mass is 79.9. The number of aromatic nitrogens is 2. The van der Waals surface area contributed by atoms with Crippen LogP contribution in [0.5, 0.6) is 0 Å². The van der Waals surface area contributed by atoms with Crippen molar-refractivity contribution >= 4 is 37.5 Å². The molecule has 0 fully saturated rings. The number of aryl methyl sites for hydroxylation is 1. The molecule has 0 unspecified atom stereocenters. The van der Waals surface area contributed by atoms with E-state index in [1.54, 1.807) is 6.07 Å². The molecule has 1 aromatic carbocycles. The van der Waals surface area contributed by atoms with Crippen LogP contribution >= 0.6 is 31.9 Å². The maximum atomic E-state index is 13.1. The van der Waals surface area contributed by atoms with Gasteiger partial charge in [-0.05, 0) is 69.1 Å². The van der Waals surface area contributed by atoms with Crippen molar-refractivity contribution < 1.29 is 4.39 Å². The van der Waals surface area contributed by atoms with Gasteiger partial charge in [0.15, 0.2) is 0 Å². The van der Waals surface area contributed by atoms with Gasteiger partial charge in [0.1, 0.15) is 11.5 Å². The van der Waals surface area contributed by atoms with Gasteiger partial charge >= 0.3 is 0 Å². The molecule has 0 aliphatic heterocycles. The molecule has 5 heteroatoms. The zero-order chi connectivity index (χ0) is 13.6. The maximum absolute atomic E-state index is 13.1. The van der Waals surface area contributed by atoms with Gasteiger partial charge in [-0.3, -0.25) is 0 Å². The summed E-state index contributed by atoms with van der Waals surface area (Å²) in [6.45, 7) is 2.02. The molecule has 0 N–H and O–H groups in total. The van der Waals surface area contributed by atoms with Crippen molar-refractivity contribution in [3.05, 3.63) is 57.0 Å². The van der Waals surface area contributed by atoms with E-state index in [1.165, 1.54) is 12.1 Å². The fourth-order valence-corrected chi connectivity index (χ4v) is 2.87. The third-order valence-corrected chi connectivity index (χ3v) is 4.52. The lowest BCUT2D eigenvalue weighted by atomic mass is 10.2. The second kappa shape index (κ2) is 4.72. The quantitative estimate of drug-likeness (QED) is 0.579. The van der Waals surface area contributed by atoms with Gasteiger partial charge in [0.05, 0.1) is 5.69 Å². The highest BCUT2D eigenvalue weighted by Crippen LogP contribution is 2.29. The van der Waals surface area contributed by atoms with Crippen LogP contribution in [0.2, 0.25) is 0 Å². The van der Waals surface area contributed by atoms with Crippen LogP contribution < -0.4 is 0 Å². The Hall–Kier alpha value is -1.20. The molecule has 0 saturated heterocycles. The molecule has 96 valence electrons. The number of pyridine rings is 1. The summed E-state index contributed by atoms with van der Waals surface area (Å²) < 4.78 is 16.9. The highest BCUT2D eigenvalue weighted by Gasteiger charge is 2.10. The van der Waals surface area contributed by atoms with Crippen LogP contribution in [-0.4, -0.2) is 9.38 Å². The van der Waals surface area contributed by atoms with Crippen molar-refractivity contribution in [1.29, 1.82) is 0 Å². The molecule has 2 aromatic heterocycles. The van der Waals surface area contributed by atoms with Crippen molar-refractivity contribution in [2.75, 3.05) is 0 Å². The Morgan fingerprint density at radius 2 is 1.89 bits per heavy atom. The minimum atomic E-state index is -0.265. The molecule has 3 rings (SSSR count). The number of fused-ring (bicyclic) bond motifs is 1. The van der Waals surface area contributed by atoms with E-state index < -0.39 is 0 Å². The van der Waals surface area contributed by atoms with E-state index in [9.17, 15) is 4.39 Å². The zero-order valence-electron chi connectivity index (χ0n) is 9.99. The van der Waals surface area contributed by atoms with Crippen LogP contribution in [0.25, 0.3) is 16.9 Å². The van der Waals surface area contributed by atoms with Crippen LogP contribution in [0.1, 0.15) is 5.69 Å². The number of hydrogen-bond donors (Lipinski definition) is 0. The molecule has 2 nitrogen and oxygen atoms in total. The third-order valence-electron chi connectivity index (χ3n) is 3.03. The van der Waals surface area contributed by atoms with Crippen LogP contribution in [0.3, 0.4) is 0 Å². The molecule has 19 heavy (non-hydrogen) atoms. The van der Waals surface area contributed by atoms with Crippen molar-refractivity contribution in [3.63, 3.8) is 0 Å². The van der Waals surface area contributed by atoms with Gasteiger partial charge in [0, 0.05) is 26.4 Å². The molecule has 0 amide bonds. The van der Waals surface area contributed by atoms with Gasteiger partial charge in [-0.1, -0.05) is 0 Å². The Balaban J connectivity index is 2.23. The predicted molar refractivity (Wildman–Crippen MR) is 80.7 cm³/mol. The Labute approximate surface area is 126 Å². The lowest BCUT2D eigenvalue weighted by molar-refractivity contribution is 0.627. The topological polar surface area (TPSA) is 17.3 Å². The third kappa shape index (κ3) is 2.21. The molecule has 0 radical (unpaired) electrons. The van der Waals surface area contributed by atoms with Crippen LogP contribution in [0.15, 0.2) is 45.5 Å². The second-order valence-corrected chi connectivity index (χ2v) is 5.95. The first-order chi connectivity index (χ1) is 9.06. The molecule has 0 spiro atoms. The highest BCUT2D eigenvalue weighted by molar-refractivity contribution is 9.10. The lowest BCUT2D eigenvalue weighted by Crippen LogP contribution is -1.89. The van der Waals surface area contributed by atoms with Gasteiger partial charge in [-0.2, -0.15) is 0 Å². The van der Waals surface area contributed by atoms with Crippen molar-refractivity contribution in [1.82, 2.24) is 9.38 Å². The number of benzene rings is 1. The predicted octanol–water partition coefficient (Wildman–Crippen LogP) is 4.97. The van der Waals surface area contributed by atoms with E-state index >= 15 is 0 Å². The summed E-state index contributed by atoms with van der Waals surface area (Å²) >= 11 is 6.87. The van der Waals surface area contributed by atoms with Crippen molar-refractivity contribution in [3.8, 4) is 11.3 Å². The van der Waals surface area contributed by atoms with Gasteiger partial charge in [-0.25, -0.2) is 9.37 Å². The van der Waals surface area contributed by atoms with E-state index in [0.29, 0.717) is 4.47 Å². The largest absolute Gasteiger partial charge is 0.303 e. The Morgan fingerprint density at radius 1 is 1.11 bits per heavy atom. The summed E-state index contributed by atoms with van der Waals surface area (Å²) in [4.78, 5) is 4.57. The Bertz CT molecular complexity index is 780. The molecule has 3 aromatic rings. The smallest absolute Gasteiger partial charge is 0.137 e. The first kappa shape index (κ1) is 12.8. The number of hydrogen-bond acceptors (Lipinski definition) is 1. The molecule has 0 atom stereocenters. The summed E-state index contributed by atoms with van der Waals surface area (Å²) in [5.74, 6) is -0.265. The molecule has 0 saturated carbocycles. The van der Waals surface area contributed by atoms with E-state index in [1.807, 2.05) is 29.7 Å². The van der Waals surface area contributed by atoms with E-state index in [2.05, 4.69) is 36.8 Å². The van der Waals surface area contributed by atoms with Crippen LogP contribution in [0, 0.1) is 12.7 Å². The molecule has 0 bridgehead atoms. The zero-order valence-corrected chi connectivity index (χ0v) is 13.2. The second-order valence-electron chi connectivity index (χ2n) is 4.25. The standard InChI is InChI=1S/C14H9Br2FN2/c1-8-11(15)4-5-14-18-13(7-19(8)14)10-3-2-9(17)6-12(10)16/h2-7H,1H3. The van der Waals surface area contributed by atoms with Crippen molar-refractivity contribution in [2.24, 2.45) is 0 Å². The summed E-state index contributed by atoms with van der Waals surface area (Å²) in [7, 11) is 0. The SMILES string of the molecule is Cc1c(Br)ccc2nc(-c3ccc(F)cc3Br)cn12. The van der Waals surface area contributed by atoms with E-state index in [4.69, 9.17) is 0 Å². The van der Waals surface area contributed by atoms with Crippen molar-refractivity contribution in [2.45, 2.75) is 6.92 Å². The summed E-state index contributed by atoms with van der Waals surface area (Å²) in [5, 5.41) is 0. The van der Waals surface area contributed by atoms with Gasteiger partial charge in [0.25, 0.3) is 0 Å². The Morgan fingerprint density at radius 3 is 2.63 bits per heavy atom. The summed E-state index contributed by atoms with van der Waals surface area (Å²) in [5.41, 5.74) is 3.63. The minimum absolute atomic E-state index is 0.265. The normalized spacial score (nSPS) is 11.2. The summed E-state index contributed by atoms with van der Waals surface area (Å²) in [6, 6.07) is 8.53. The van der Waals surface area contributed by atoms with Crippen LogP contribution in [0.4, 0.5) is 4.39 Å². The molecule has 0 aliphatic carbocycles. The maximum Gasteiger partial charge on any atom is 0.137 e. The minimum Gasteiger partial charge on any atom is -0.303 e. The first-order valence-corrected chi connectivity index (χ1v) is 7.24. The monoisotopic (exact) mass is 382 g/mol. The average Bonchev–Trinajstić information content (AvgIpc) is 2.78. The number of imidazole rings is 1. The summed E-state index contributed by atoms with van der Waals surface area (Å²) in [6.07, 6.45) is 1.95. The molecular weight excluding hydrogens is 375 g/mol. The number of rotatable bonds is 1. The van der Waals surface area contributed by atoms with Gasteiger partial charge in [0.2, 0.25) is 0 Å². The number of nitrogens with zero attached hydrogens (tertiary/aromatic N) is 2. The molecule has 2 heterocycles. The number of halogens is 3. The van der Waals surface area contributed by atoms with Gasteiger partial charge in [-0.15, -0.1) is 0 Å². The van der Waals surface area contributed by atoms with Gasteiger partial charge < -0.3 is 4.40 Å². The average molecular weight is 384 g/mol. The van der Waals surface area contributed by atoms with E-state index in [0.717, 1.165) is 27.1 Å². The molecular formula is C14H9Br2FN2. The first-order valence-electron chi connectivity index (χ1n) is 5.66. The fourth-order valence-electron chi connectivity index (χ4n) is 1.99. The Kier molecular flexibility index (Phi) is 3.19. The van der Waals surface area contributed by atoms with Crippen LogP contribution in [-0.2, 0) is 0 Å².